The number of aromatic hydroxyl groups is 1. The van der Waals surface area contributed by atoms with Crippen molar-refractivity contribution in [2.75, 3.05) is 6.61 Å². The molecule has 1 aromatic heterocycles. The molecule has 2 aromatic rings. The largest absolute Gasteiger partial charge is 0.503 e. The summed E-state index contributed by atoms with van der Waals surface area (Å²) in [6.45, 7) is 2.07. The molecule has 1 aromatic carbocycles. The summed E-state index contributed by atoms with van der Waals surface area (Å²) in [6, 6.07) is 7.94. The van der Waals surface area contributed by atoms with Crippen LogP contribution in [0.25, 0.3) is 5.69 Å². The molecule has 0 spiro atoms. The number of benzene rings is 1. The zero-order valence-electron chi connectivity index (χ0n) is 10.4. The highest BCUT2D eigenvalue weighted by atomic mass is 16.5. The molecule has 0 amide bonds. The van der Waals surface area contributed by atoms with Gasteiger partial charge in [0.05, 0.1) is 18.4 Å². The zero-order chi connectivity index (χ0) is 13.8. The smallest absolute Gasteiger partial charge is 0.338 e. The molecular formula is C14H13NO4. The third kappa shape index (κ3) is 2.82. The van der Waals surface area contributed by atoms with Gasteiger partial charge in [0.15, 0.2) is 5.75 Å². The molecule has 98 valence electrons. The van der Waals surface area contributed by atoms with Crippen LogP contribution in [0.3, 0.4) is 0 Å². The number of ether oxygens (including phenoxy) is 1. The minimum atomic E-state index is -0.431. The number of esters is 1. The summed E-state index contributed by atoms with van der Waals surface area (Å²) in [5, 5.41) is 9.37. The Morgan fingerprint density at radius 3 is 2.53 bits per heavy atom. The number of aromatic nitrogens is 1. The predicted molar refractivity (Wildman–Crippen MR) is 69.7 cm³/mol. The van der Waals surface area contributed by atoms with Crippen LogP contribution in [0.15, 0.2) is 47.5 Å². The van der Waals surface area contributed by atoms with Gasteiger partial charge in [-0.1, -0.05) is 0 Å². The molecule has 0 aliphatic heterocycles. The minimum Gasteiger partial charge on any atom is -0.503 e. The van der Waals surface area contributed by atoms with Gasteiger partial charge in [-0.25, -0.2) is 4.79 Å². The minimum absolute atomic E-state index is 0.322. The molecule has 0 radical (unpaired) electrons. The molecular weight excluding hydrogens is 246 g/mol. The summed E-state index contributed by atoms with van der Waals surface area (Å²) in [7, 11) is 0. The van der Waals surface area contributed by atoms with E-state index in [9.17, 15) is 14.7 Å². The Hall–Kier alpha value is -2.56. The third-order valence-electron chi connectivity index (χ3n) is 2.58. The van der Waals surface area contributed by atoms with Crippen LogP contribution in [0.1, 0.15) is 17.3 Å². The van der Waals surface area contributed by atoms with Crippen LogP contribution in [-0.4, -0.2) is 22.2 Å². The van der Waals surface area contributed by atoms with Crippen LogP contribution in [0.5, 0.6) is 5.75 Å². The number of pyridine rings is 1. The summed E-state index contributed by atoms with van der Waals surface area (Å²) >= 11 is 0. The van der Waals surface area contributed by atoms with E-state index >= 15 is 0 Å². The zero-order valence-corrected chi connectivity index (χ0v) is 10.4. The van der Waals surface area contributed by atoms with E-state index in [4.69, 9.17) is 4.74 Å². The van der Waals surface area contributed by atoms with Gasteiger partial charge in [0.2, 0.25) is 5.43 Å². The molecule has 0 aliphatic rings. The number of carbonyl (C=O) groups excluding carboxylic acids is 1. The summed E-state index contributed by atoms with van der Waals surface area (Å²) in [5.74, 6) is -0.700. The van der Waals surface area contributed by atoms with E-state index in [0.717, 1.165) is 5.69 Å². The first-order chi connectivity index (χ1) is 9.11. The van der Waals surface area contributed by atoms with Crippen molar-refractivity contribution in [2.24, 2.45) is 0 Å². The lowest BCUT2D eigenvalue weighted by atomic mass is 10.2. The molecule has 1 heterocycles. The van der Waals surface area contributed by atoms with Gasteiger partial charge in [0.25, 0.3) is 0 Å². The fraction of sp³-hybridized carbons (Fsp3) is 0.143. The van der Waals surface area contributed by atoms with Crippen molar-refractivity contribution in [1.29, 1.82) is 0 Å². The van der Waals surface area contributed by atoms with Gasteiger partial charge in [-0.3, -0.25) is 4.79 Å². The quantitative estimate of drug-likeness (QED) is 0.852. The molecule has 0 aliphatic carbocycles. The second kappa shape index (κ2) is 5.39. The standard InChI is InChI=1S/C14H13NO4/c1-2-19-14(18)10-3-5-11(6-4-10)15-8-7-12(16)13(17)9-15/h3-9,17H,2H2,1H3. The highest BCUT2D eigenvalue weighted by molar-refractivity contribution is 5.89. The van der Waals surface area contributed by atoms with Crippen LogP contribution >= 0.6 is 0 Å². The van der Waals surface area contributed by atoms with E-state index in [1.807, 2.05) is 0 Å². The summed E-state index contributed by atoms with van der Waals surface area (Å²) in [4.78, 5) is 22.6. The highest BCUT2D eigenvalue weighted by Gasteiger charge is 2.06. The van der Waals surface area contributed by atoms with Gasteiger partial charge in [0, 0.05) is 18.0 Å². The van der Waals surface area contributed by atoms with E-state index in [2.05, 4.69) is 0 Å². The number of carbonyl (C=O) groups is 1. The molecule has 0 unspecified atom stereocenters. The molecule has 5 heteroatoms. The van der Waals surface area contributed by atoms with Crippen LogP contribution in [0.4, 0.5) is 0 Å². The van der Waals surface area contributed by atoms with Crippen molar-refractivity contribution < 1.29 is 14.6 Å². The Morgan fingerprint density at radius 1 is 1.26 bits per heavy atom. The summed E-state index contributed by atoms with van der Waals surface area (Å²) < 4.78 is 6.47. The molecule has 0 bridgehead atoms. The average Bonchev–Trinajstić information content (AvgIpc) is 2.42. The highest BCUT2D eigenvalue weighted by Crippen LogP contribution is 2.12. The average molecular weight is 259 g/mol. The Morgan fingerprint density at radius 2 is 1.95 bits per heavy atom. The fourth-order valence-corrected chi connectivity index (χ4v) is 1.62. The van der Waals surface area contributed by atoms with Crippen molar-refractivity contribution in [3.8, 4) is 11.4 Å². The van der Waals surface area contributed by atoms with Crippen molar-refractivity contribution >= 4 is 5.97 Å². The number of rotatable bonds is 3. The molecule has 2 rings (SSSR count). The van der Waals surface area contributed by atoms with Crippen LogP contribution in [0, 0.1) is 0 Å². The molecule has 0 saturated heterocycles. The fourth-order valence-electron chi connectivity index (χ4n) is 1.62. The van der Waals surface area contributed by atoms with Crippen LogP contribution in [0.2, 0.25) is 0 Å². The first kappa shape index (κ1) is 12.9. The second-order valence-electron chi connectivity index (χ2n) is 3.87. The van der Waals surface area contributed by atoms with Crippen molar-refractivity contribution in [3.63, 3.8) is 0 Å². The van der Waals surface area contributed by atoms with Crippen LogP contribution in [-0.2, 0) is 4.74 Å². The van der Waals surface area contributed by atoms with E-state index in [0.29, 0.717) is 12.2 Å². The Kier molecular flexibility index (Phi) is 3.66. The van der Waals surface area contributed by atoms with Crippen molar-refractivity contribution in [2.45, 2.75) is 6.92 Å². The SMILES string of the molecule is CCOC(=O)c1ccc(-n2ccc(=O)c(O)c2)cc1. The van der Waals surface area contributed by atoms with E-state index in [1.165, 1.54) is 12.3 Å². The molecule has 19 heavy (non-hydrogen) atoms. The van der Waals surface area contributed by atoms with E-state index in [-0.39, 0.29) is 11.7 Å². The molecule has 0 saturated carbocycles. The van der Waals surface area contributed by atoms with E-state index in [1.54, 1.807) is 42.0 Å². The van der Waals surface area contributed by atoms with Gasteiger partial charge >= 0.3 is 5.97 Å². The monoisotopic (exact) mass is 259 g/mol. The topological polar surface area (TPSA) is 68.5 Å². The van der Waals surface area contributed by atoms with Gasteiger partial charge < -0.3 is 14.4 Å². The maximum atomic E-state index is 11.5. The first-order valence-corrected chi connectivity index (χ1v) is 5.80. The molecule has 1 N–H and O–H groups in total. The molecule has 0 fully saturated rings. The Bertz CT molecular complexity index is 643. The third-order valence-corrected chi connectivity index (χ3v) is 2.58. The lowest BCUT2D eigenvalue weighted by molar-refractivity contribution is 0.0526. The first-order valence-electron chi connectivity index (χ1n) is 5.80. The van der Waals surface area contributed by atoms with Crippen LogP contribution < -0.4 is 5.43 Å². The van der Waals surface area contributed by atoms with Gasteiger partial charge in [0.1, 0.15) is 0 Å². The van der Waals surface area contributed by atoms with Crippen molar-refractivity contribution in [3.05, 3.63) is 58.5 Å². The summed E-state index contributed by atoms with van der Waals surface area (Å²) in [5.41, 5.74) is 0.749. The second-order valence-corrected chi connectivity index (χ2v) is 3.87. The Labute approximate surface area is 109 Å². The normalized spacial score (nSPS) is 10.2. The van der Waals surface area contributed by atoms with Gasteiger partial charge in [-0.15, -0.1) is 0 Å². The maximum Gasteiger partial charge on any atom is 0.338 e. The number of hydrogen-bond donors (Lipinski definition) is 1. The molecule has 0 atom stereocenters. The Balaban J connectivity index is 2.29. The summed E-state index contributed by atoms with van der Waals surface area (Å²) in [6.07, 6.45) is 2.86. The lowest BCUT2D eigenvalue weighted by Crippen LogP contribution is -2.06. The van der Waals surface area contributed by atoms with Gasteiger partial charge in [-0.2, -0.15) is 0 Å². The number of nitrogens with zero attached hydrogens (tertiary/aromatic N) is 1. The maximum absolute atomic E-state index is 11.5. The molecule has 5 nitrogen and oxygen atoms in total. The van der Waals surface area contributed by atoms with E-state index < -0.39 is 5.43 Å². The number of hydrogen-bond acceptors (Lipinski definition) is 4. The lowest BCUT2D eigenvalue weighted by Gasteiger charge is -2.07. The van der Waals surface area contributed by atoms with Crippen molar-refractivity contribution in [1.82, 2.24) is 4.57 Å². The predicted octanol–water partition coefficient (Wildman–Crippen LogP) is 1.72. The van der Waals surface area contributed by atoms with Gasteiger partial charge in [-0.05, 0) is 31.2 Å².